The molecule has 2 unspecified atom stereocenters. The van der Waals surface area contributed by atoms with Gasteiger partial charge in [0.25, 0.3) is 0 Å². The highest BCUT2D eigenvalue weighted by atomic mass is 32.2. The van der Waals surface area contributed by atoms with E-state index in [-0.39, 0.29) is 18.4 Å². The van der Waals surface area contributed by atoms with E-state index in [1.165, 1.54) is 7.11 Å². The number of methoxy groups -OCH3 is 1. The van der Waals surface area contributed by atoms with Crippen LogP contribution < -0.4 is 4.72 Å². The van der Waals surface area contributed by atoms with Crippen LogP contribution in [0.4, 0.5) is 0 Å². The van der Waals surface area contributed by atoms with Crippen LogP contribution in [0.1, 0.15) is 12.8 Å². The first-order valence-electron chi connectivity index (χ1n) is 5.29. The summed E-state index contributed by atoms with van der Waals surface area (Å²) in [5, 5.41) is 8.67. The van der Waals surface area contributed by atoms with Crippen molar-refractivity contribution in [3.63, 3.8) is 0 Å². The molecule has 0 saturated carbocycles. The van der Waals surface area contributed by atoms with Gasteiger partial charge in [-0.2, -0.15) is 0 Å². The van der Waals surface area contributed by atoms with Gasteiger partial charge in [0.05, 0.1) is 11.9 Å². The quantitative estimate of drug-likeness (QED) is 0.625. The first kappa shape index (κ1) is 14.4. The zero-order valence-electron chi connectivity index (χ0n) is 9.59. The van der Waals surface area contributed by atoms with Crippen molar-refractivity contribution in [1.29, 1.82) is 0 Å². The molecule has 0 aliphatic carbocycles. The van der Waals surface area contributed by atoms with Crippen LogP contribution in [0.3, 0.4) is 0 Å². The van der Waals surface area contributed by atoms with Crippen molar-refractivity contribution in [3.05, 3.63) is 0 Å². The number of carboxylic acid groups (broad SMARTS) is 1. The lowest BCUT2D eigenvalue weighted by atomic mass is 10.3. The molecular weight excluding hydrogens is 250 g/mol. The molecule has 0 aromatic carbocycles. The van der Waals surface area contributed by atoms with Gasteiger partial charge in [0, 0.05) is 20.3 Å². The Kier molecular flexibility index (Phi) is 5.31. The zero-order chi connectivity index (χ0) is 12.9. The third-order valence-electron chi connectivity index (χ3n) is 2.48. The minimum Gasteiger partial charge on any atom is -0.479 e. The lowest BCUT2D eigenvalue weighted by Gasteiger charge is -2.14. The fourth-order valence-electron chi connectivity index (χ4n) is 1.55. The second-order valence-corrected chi connectivity index (χ2v) is 5.68. The molecule has 0 aromatic rings. The molecule has 7 nitrogen and oxygen atoms in total. The number of aliphatic carboxylic acids is 1. The van der Waals surface area contributed by atoms with E-state index >= 15 is 0 Å². The molecule has 17 heavy (non-hydrogen) atoms. The van der Waals surface area contributed by atoms with Crippen LogP contribution in [0.15, 0.2) is 0 Å². The Labute approximate surface area is 100 Å². The molecule has 1 fully saturated rings. The standard InChI is InChI=1S/C9H17NO6S/c1-15-8(9(11)12)5-10-17(13,14)6-7-3-2-4-16-7/h7-8,10H,2-6H2,1H3,(H,11,12). The van der Waals surface area contributed by atoms with Gasteiger partial charge < -0.3 is 14.6 Å². The van der Waals surface area contributed by atoms with E-state index in [1.54, 1.807) is 0 Å². The molecule has 0 amide bonds. The molecule has 100 valence electrons. The van der Waals surface area contributed by atoms with Crippen molar-refractivity contribution in [2.75, 3.05) is 26.0 Å². The van der Waals surface area contributed by atoms with Gasteiger partial charge in [-0.05, 0) is 12.8 Å². The highest BCUT2D eigenvalue weighted by molar-refractivity contribution is 7.89. The third kappa shape index (κ3) is 4.99. The predicted octanol–water partition coefficient (Wildman–Crippen LogP) is -0.816. The van der Waals surface area contributed by atoms with Crippen LogP contribution in [0.25, 0.3) is 0 Å². The Morgan fingerprint density at radius 2 is 2.35 bits per heavy atom. The molecule has 0 aromatic heterocycles. The topological polar surface area (TPSA) is 102 Å². The van der Waals surface area contributed by atoms with E-state index in [9.17, 15) is 13.2 Å². The molecule has 1 aliphatic heterocycles. The highest BCUT2D eigenvalue weighted by Gasteiger charge is 2.25. The van der Waals surface area contributed by atoms with Gasteiger partial charge in [-0.3, -0.25) is 0 Å². The maximum absolute atomic E-state index is 11.6. The first-order valence-corrected chi connectivity index (χ1v) is 6.94. The van der Waals surface area contributed by atoms with Crippen molar-refractivity contribution in [3.8, 4) is 0 Å². The average molecular weight is 267 g/mol. The Hall–Kier alpha value is -0.700. The summed E-state index contributed by atoms with van der Waals surface area (Å²) in [5.74, 6) is -1.34. The second kappa shape index (κ2) is 6.29. The Bertz CT molecular complexity index is 348. The van der Waals surface area contributed by atoms with Gasteiger partial charge in [0.2, 0.25) is 10.0 Å². The number of nitrogens with one attached hydrogen (secondary N) is 1. The molecule has 0 bridgehead atoms. The van der Waals surface area contributed by atoms with E-state index in [4.69, 9.17) is 9.84 Å². The lowest BCUT2D eigenvalue weighted by molar-refractivity contribution is -0.147. The molecule has 8 heteroatoms. The molecular formula is C9H17NO6S. The van der Waals surface area contributed by atoms with E-state index in [1.807, 2.05) is 0 Å². The number of hydrogen-bond acceptors (Lipinski definition) is 5. The number of carbonyl (C=O) groups is 1. The number of hydrogen-bond donors (Lipinski definition) is 2. The van der Waals surface area contributed by atoms with Gasteiger partial charge in [-0.15, -0.1) is 0 Å². The normalized spacial score (nSPS) is 22.5. The SMILES string of the molecule is COC(CNS(=O)(=O)CC1CCCO1)C(=O)O. The van der Waals surface area contributed by atoms with Crippen molar-refractivity contribution >= 4 is 16.0 Å². The lowest BCUT2D eigenvalue weighted by Crippen LogP contribution is -2.40. The zero-order valence-corrected chi connectivity index (χ0v) is 10.4. The van der Waals surface area contributed by atoms with Crippen LogP contribution in [-0.2, 0) is 24.3 Å². The summed E-state index contributed by atoms with van der Waals surface area (Å²) in [6, 6.07) is 0. The predicted molar refractivity (Wildman–Crippen MR) is 59.2 cm³/mol. The largest absolute Gasteiger partial charge is 0.479 e. The van der Waals surface area contributed by atoms with Crippen molar-refractivity contribution in [1.82, 2.24) is 4.72 Å². The molecule has 1 heterocycles. The number of rotatable bonds is 7. The smallest absolute Gasteiger partial charge is 0.334 e. The number of carboxylic acids is 1. The minimum absolute atomic E-state index is 0.136. The Morgan fingerprint density at radius 1 is 1.65 bits per heavy atom. The van der Waals surface area contributed by atoms with Crippen LogP contribution in [0.2, 0.25) is 0 Å². The maximum Gasteiger partial charge on any atom is 0.334 e. The van der Waals surface area contributed by atoms with Crippen LogP contribution in [-0.4, -0.2) is 57.7 Å². The summed E-state index contributed by atoms with van der Waals surface area (Å²) in [6.07, 6.45) is 0.108. The summed E-state index contributed by atoms with van der Waals surface area (Å²) in [4.78, 5) is 10.6. The number of ether oxygens (including phenoxy) is 2. The van der Waals surface area contributed by atoms with Gasteiger partial charge >= 0.3 is 5.97 Å². The van der Waals surface area contributed by atoms with Crippen LogP contribution in [0.5, 0.6) is 0 Å². The molecule has 1 aliphatic rings. The van der Waals surface area contributed by atoms with E-state index < -0.39 is 22.1 Å². The van der Waals surface area contributed by atoms with Gasteiger partial charge in [-0.25, -0.2) is 17.9 Å². The van der Waals surface area contributed by atoms with Gasteiger partial charge in [0.1, 0.15) is 0 Å². The molecule has 0 radical (unpaired) electrons. The molecule has 1 rings (SSSR count). The van der Waals surface area contributed by atoms with Crippen LogP contribution >= 0.6 is 0 Å². The summed E-state index contributed by atoms with van der Waals surface area (Å²) in [7, 11) is -2.31. The molecule has 0 spiro atoms. The van der Waals surface area contributed by atoms with Crippen LogP contribution in [0, 0.1) is 0 Å². The van der Waals surface area contributed by atoms with Crippen molar-refractivity contribution < 1.29 is 27.8 Å². The van der Waals surface area contributed by atoms with Crippen molar-refractivity contribution in [2.24, 2.45) is 0 Å². The van der Waals surface area contributed by atoms with Crippen molar-refractivity contribution in [2.45, 2.75) is 25.0 Å². The molecule has 2 atom stereocenters. The average Bonchev–Trinajstić information content (AvgIpc) is 2.69. The molecule has 2 N–H and O–H groups in total. The van der Waals surface area contributed by atoms with Gasteiger partial charge in [-0.1, -0.05) is 0 Å². The van der Waals surface area contributed by atoms with E-state index in [0.29, 0.717) is 13.0 Å². The third-order valence-corrected chi connectivity index (χ3v) is 3.90. The second-order valence-electron chi connectivity index (χ2n) is 3.83. The summed E-state index contributed by atoms with van der Waals surface area (Å²) in [5.41, 5.74) is 0. The minimum atomic E-state index is -3.52. The monoisotopic (exact) mass is 267 g/mol. The maximum atomic E-state index is 11.6. The fourth-order valence-corrected chi connectivity index (χ4v) is 2.83. The summed E-state index contributed by atoms with van der Waals surface area (Å²) in [6.45, 7) is 0.302. The van der Waals surface area contributed by atoms with Gasteiger partial charge in [0.15, 0.2) is 6.10 Å². The Morgan fingerprint density at radius 3 is 2.82 bits per heavy atom. The van der Waals surface area contributed by atoms with E-state index in [0.717, 1.165) is 6.42 Å². The molecule has 1 saturated heterocycles. The Balaban J connectivity index is 2.40. The summed E-state index contributed by atoms with van der Waals surface area (Å²) < 4.78 is 35.2. The highest BCUT2D eigenvalue weighted by Crippen LogP contribution is 2.13. The first-order chi connectivity index (χ1) is 7.94. The fraction of sp³-hybridized carbons (Fsp3) is 0.889. The van der Waals surface area contributed by atoms with E-state index in [2.05, 4.69) is 9.46 Å². The number of sulfonamides is 1. The summed E-state index contributed by atoms with van der Waals surface area (Å²) >= 11 is 0.